The van der Waals surface area contributed by atoms with E-state index in [1.165, 1.54) is 11.8 Å². The van der Waals surface area contributed by atoms with Crippen LogP contribution in [0.4, 0.5) is 11.5 Å². The van der Waals surface area contributed by atoms with Crippen molar-refractivity contribution < 1.29 is 4.79 Å². The van der Waals surface area contributed by atoms with Gasteiger partial charge in [-0.15, -0.1) is 0 Å². The standard InChI is InChI=1S/C20H26N6O.C6H6/c1-2-24-20(27)17-12-18(19(22)26-14-17)25-10-3-9-23-11-8-15-4-6-16(13-21)7-5-15;1-2-4-6-5-3-1/h4-7,12,14,23,25H,2-3,8-11H2,1H3,(H2,22,26)(H,24,27);1-6H. The van der Waals surface area contributed by atoms with Crippen molar-refractivity contribution in [3.8, 4) is 6.07 Å². The summed E-state index contributed by atoms with van der Waals surface area (Å²) in [6, 6.07) is 23.5. The van der Waals surface area contributed by atoms with Crippen LogP contribution >= 0.6 is 0 Å². The monoisotopic (exact) mass is 444 g/mol. The van der Waals surface area contributed by atoms with Crippen LogP contribution in [0.15, 0.2) is 72.9 Å². The number of aromatic nitrogens is 1. The zero-order valence-corrected chi connectivity index (χ0v) is 19.1. The second-order valence-electron chi connectivity index (χ2n) is 7.26. The minimum Gasteiger partial charge on any atom is -0.382 e. The number of amides is 1. The summed E-state index contributed by atoms with van der Waals surface area (Å²) < 4.78 is 0. The molecule has 172 valence electrons. The Kier molecular flexibility index (Phi) is 11.5. The SMILES string of the molecule is CCNC(=O)c1cnc(N)c(NCCCNCCc2ccc(C#N)cc2)c1.c1ccccc1. The Morgan fingerprint density at radius 1 is 1.03 bits per heavy atom. The number of anilines is 2. The van der Waals surface area contributed by atoms with E-state index in [2.05, 4.69) is 27.0 Å². The van der Waals surface area contributed by atoms with Gasteiger partial charge in [0, 0.05) is 19.3 Å². The van der Waals surface area contributed by atoms with E-state index in [0.717, 1.165) is 32.5 Å². The molecule has 1 aromatic heterocycles. The lowest BCUT2D eigenvalue weighted by Gasteiger charge is -2.11. The fourth-order valence-electron chi connectivity index (χ4n) is 2.93. The van der Waals surface area contributed by atoms with Crippen molar-refractivity contribution in [3.63, 3.8) is 0 Å². The molecule has 0 radical (unpaired) electrons. The van der Waals surface area contributed by atoms with E-state index in [1.807, 2.05) is 67.6 Å². The molecule has 3 aromatic rings. The van der Waals surface area contributed by atoms with Gasteiger partial charge in [0.25, 0.3) is 5.91 Å². The van der Waals surface area contributed by atoms with E-state index in [1.54, 1.807) is 6.07 Å². The fourth-order valence-corrected chi connectivity index (χ4v) is 2.93. The van der Waals surface area contributed by atoms with Gasteiger partial charge in [-0.3, -0.25) is 4.79 Å². The molecule has 0 aliphatic carbocycles. The lowest BCUT2D eigenvalue weighted by Crippen LogP contribution is -2.23. The topological polar surface area (TPSA) is 116 Å². The van der Waals surface area contributed by atoms with Gasteiger partial charge < -0.3 is 21.7 Å². The summed E-state index contributed by atoms with van der Waals surface area (Å²) in [7, 11) is 0. The fraction of sp³-hybridized carbons (Fsp3) is 0.269. The maximum atomic E-state index is 11.9. The van der Waals surface area contributed by atoms with Crippen LogP contribution in [-0.4, -0.2) is 37.1 Å². The Morgan fingerprint density at radius 3 is 2.30 bits per heavy atom. The molecule has 0 fully saturated rings. The predicted octanol–water partition coefficient (Wildman–Crippen LogP) is 3.61. The van der Waals surface area contributed by atoms with E-state index in [-0.39, 0.29) is 5.91 Å². The van der Waals surface area contributed by atoms with Gasteiger partial charge in [0.05, 0.1) is 22.9 Å². The van der Waals surface area contributed by atoms with Crippen molar-refractivity contribution in [1.29, 1.82) is 5.26 Å². The number of carbonyl (C=O) groups is 1. The number of benzene rings is 2. The smallest absolute Gasteiger partial charge is 0.252 e. The molecule has 33 heavy (non-hydrogen) atoms. The zero-order chi connectivity index (χ0) is 23.7. The second kappa shape index (κ2) is 15.0. The van der Waals surface area contributed by atoms with E-state index in [0.29, 0.717) is 29.2 Å². The number of carbonyl (C=O) groups excluding carboxylic acids is 1. The van der Waals surface area contributed by atoms with Gasteiger partial charge in [-0.2, -0.15) is 5.26 Å². The molecule has 0 unspecified atom stereocenters. The highest BCUT2D eigenvalue weighted by Crippen LogP contribution is 2.17. The summed E-state index contributed by atoms with van der Waals surface area (Å²) in [5, 5.41) is 18.2. The number of pyridine rings is 1. The first-order valence-corrected chi connectivity index (χ1v) is 11.1. The molecule has 0 bridgehead atoms. The molecule has 7 heteroatoms. The molecular formula is C26H32N6O. The van der Waals surface area contributed by atoms with Gasteiger partial charge in [0.1, 0.15) is 5.82 Å². The quantitative estimate of drug-likeness (QED) is 0.355. The zero-order valence-electron chi connectivity index (χ0n) is 19.1. The summed E-state index contributed by atoms with van der Waals surface area (Å²) in [5.74, 6) is 0.231. The number of nitrogens with two attached hydrogens (primary N) is 1. The molecule has 0 aliphatic heterocycles. The van der Waals surface area contributed by atoms with E-state index in [9.17, 15) is 4.79 Å². The van der Waals surface area contributed by atoms with Crippen LogP contribution in [0.5, 0.6) is 0 Å². The average Bonchev–Trinajstić information content (AvgIpc) is 2.86. The summed E-state index contributed by atoms with van der Waals surface area (Å²) in [6.45, 7) is 4.92. The molecule has 1 amide bonds. The van der Waals surface area contributed by atoms with Crippen LogP contribution in [-0.2, 0) is 6.42 Å². The second-order valence-corrected chi connectivity index (χ2v) is 7.26. The highest BCUT2D eigenvalue weighted by Gasteiger charge is 2.08. The molecule has 0 aliphatic rings. The van der Waals surface area contributed by atoms with Crippen LogP contribution in [0, 0.1) is 11.3 Å². The first-order valence-electron chi connectivity index (χ1n) is 11.1. The normalized spacial score (nSPS) is 9.82. The van der Waals surface area contributed by atoms with Gasteiger partial charge in [0.15, 0.2) is 0 Å². The lowest BCUT2D eigenvalue weighted by molar-refractivity contribution is 0.0955. The number of nitriles is 1. The first-order chi connectivity index (χ1) is 16.1. The van der Waals surface area contributed by atoms with Crippen LogP contribution in [0.2, 0.25) is 0 Å². The van der Waals surface area contributed by atoms with Crippen molar-refractivity contribution in [1.82, 2.24) is 15.6 Å². The molecule has 0 spiro atoms. The molecule has 0 saturated heterocycles. The summed E-state index contributed by atoms with van der Waals surface area (Å²) in [6.07, 6.45) is 3.32. The molecule has 5 N–H and O–H groups in total. The predicted molar refractivity (Wildman–Crippen MR) is 134 cm³/mol. The third-order valence-electron chi connectivity index (χ3n) is 4.70. The molecule has 7 nitrogen and oxygen atoms in total. The Bertz CT molecular complexity index is 973. The highest BCUT2D eigenvalue weighted by atomic mass is 16.1. The molecular weight excluding hydrogens is 412 g/mol. The van der Waals surface area contributed by atoms with Gasteiger partial charge in [-0.25, -0.2) is 4.98 Å². The number of hydrogen-bond acceptors (Lipinski definition) is 6. The van der Waals surface area contributed by atoms with Gasteiger partial charge in [-0.1, -0.05) is 48.5 Å². The van der Waals surface area contributed by atoms with Crippen LogP contribution in [0.1, 0.15) is 34.8 Å². The lowest BCUT2D eigenvalue weighted by atomic mass is 10.1. The van der Waals surface area contributed by atoms with E-state index < -0.39 is 0 Å². The van der Waals surface area contributed by atoms with Gasteiger partial charge in [0.2, 0.25) is 0 Å². The number of nitrogens with zero attached hydrogens (tertiary/aromatic N) is 2. The van der Waals surface area contributed by atoms with E-state index >= 15 is 0 Å². The number of nitrogen functional groups attached to an aromatic ring is 1. The van der Waals surface area contributed by atoms with Gasteiger partial charge in [-0.05, 0) is 56.6 Å². The van der Waals surface area contributed by atoms with E-state index in [4.69, 9.17) is 11.0 Å². The number of rotatable bonds is 10. The van der Waals surface area contributed by atoms with Crippen LogP contribution in [0.25, 0.3) is 0 Å². The Hall–Kier alpha value is -3.89. The summed E-state index contributed by atoms with van der Waals surface area (Å²) in [5.41, 5.74) is 8.93. The largest absolute Gasteiger partial charge is 0.382 e. The highest BCUT2D eigenvalue weighted by molar-refractivity contribution is 5.95. The molecule has 0 saturated carbocycles. The first kappa shape index (κ1) is 25.4. The summed E-state index contributed by atoms with van der Waals surface area (Å²) in [4.78, 5) is 15.9. The Labute approximate surface area is 196 Å². The van der Waals surface area contributed by atoms with Crippen molar-refractivity contribution in [2.24, 2.45) is 0 Å². The van der Waals surface area contributed by atoms with Crippen molar-refractivity contribution in [3.05, 3.63) is 89.6 Å². The molecule has 0 atom stereocenters. The van der Waals surface area contributed by atoms with Crippen LogP contribution in [0.3, 0.4) is 0 Å². The maximum absolute atomic E-state index is 11.9. The molecule has 2 aromatic carbocycles. The van der Waals surface area contributed by atoms with Crippen molar-refractivity contribution >= 4 is 17.4 Å². The Morgan fingerprint density at radius 2 is 1.70 bits per heavy atom. The minimum atomic E-state index is -0.155. The van der Waals surface area contributed by atoms with Crippen molar-refractivity contribution in [2.75, 3.05) is 37.2 Å². The minimum absolute atomic E-state index is 0.155. The third kappa shape index (κ3) is 9.85. The maximum Gasteiger partial charge on any atom is 0.252 e. The summed E-state index contributed by atoms with van der Waals surface area (Å²) >= 11 is 0. The molecule has 1 heterocycles. The van der Waals surface area contributed by atoms with Gasteiger partial charge >= 0.3 is 0 Å². The van der Waals surface area contributed by atoms with Crippen molar-refractivity contribution in [2.45, 2.75) is 19.8 Å². The molecule has 3 rings (SSSR count). The van der Waals surface area contributed by atoms with Crippen LogP contribution < -0.4 is 21.7 Å². The third-order valence-corrected chi connectivity index (χ3v) is 4.70. The average molecular weight is 445 g/mol. The Balaban J connectivity index is 0.000000554. The number of nitrogens with one attached hydrogen (secondary N) is 3. The number of hydrogen-bond donors (Lipinski definition) is 4.